The van der Waals surface area contributed by atoms with Gasteiger partial charge < -0.3 is 0 Å². The van der Waals surface area contributed by atoms with Crippen LogP contribution in [0.15, 0.2) is 53.6 Å². The van der Waals surface area contributed by atoms with Crippen molar-refractivity contribution in [1.82, 2.24) is 9.29 Å². The molecule has 1 aromatic carbocycles. The van der Waals surface area contributed by atoms with Gasteiger partial charge in [-0.2, -0.15) is 4.31 Å². The first-order valence-corrected chi connectivity index (χ1v) is 7.44. The van der Waals surface area contributed by atoms with Crippen molar-refractivity contribution < 1.29 is 8.42 Å². The molecule has 0 atom stereocenters. The van der Waals surface area contributed by atoms with Gasteiger partial charge in [0.15, 0.2) is 0 Å². The third kappa shape index (κ3) is 3.32. The molecule has 0 unspecified atom stereocenters. The highest BCUT2D eigenvalue weighted by atomic mass is 35.5. The van der Waals surface area contributed by atoms with Crippen LogP contribution in [-0.2, 0) is 16.6 Å². The minimum atomic E-state index is -3.55. The number of pyridine rings is 1. The Labute approximate surface area is 117 Å². The van der Waals surface area contributed by atoms with E-state index in [0.29, 0.717) is 6.54 Å². The summed E-state index contributed by atoms with van der Waals surface area (Å²) in [5.41, 5.74) is 0.925. The van der Waals surface area contributed by atoms with E-state index in [9.17, 15) is 8.42 Å². The Balaban J connectivity index is 2.25. The molecule has 0 aliphatic carbocycles. The van der Waals surface area contributed by atoms with E-state index in [0.717, 1.165) is 5.56 Å². The summed E-state index contributed by atoms with van der Waals surface area (Å²) in [6, 6.07) is 12.2. The summed E-state index contributed by atoms with van der Waals surface area (Å²) in [5, 5.41) is 0.161. The molecule has 0 saturated heterocycles. The van der Waals surface area contributed by atoms with E-state index in [1.54, 1.807) is 0 Å². The minimum absolute atomic E-state index is 0.144. The molecule has 1 aromatic heterocycles. The van der Waals surface area contributed by atoms with Crippen molar-refractivity contribution in [2.45, 2.75) is 11.4 Å². The van der Waals surface area contributed by atoms with Crippen molar-refractivity contribution in [1.29, 1.82) is 0 Å². The zero-order valence-corrected chi connectivity index (χ0v) is 11.9. The second kappa shape index (κ2) is 5.69. The van der Waals surface area contributed by atoms with Crippen LogP contribution in [0.1, 0.15) is 5.56 Å². The SMILES string of the molecule is CN(Cc1ccccc1)S(=O)(=O)c1ccnc(Cl)c1. The van der Waals surface area contributed by atoms with Gasteiger partial charge in [-0.3, -0.25) is 0 Å². The Bertz CT molecular complexity index is 659. The fraction of sp³-hybridized carbons (Fsp3) is 0.154. The maximum absolute atomic E-state index is 12.3. The van der Waals surface area contributed by atoms with Crippen molar-refractivity contribution >= 4 is 21.6 Å². The number of aromatic nitrogens is 1. The van der Waals surface area contributed by atoms with E-state index in [1.807, 2.05) is 30.3 Å². The molecule has 0 saturated carbocycles. The van der Waals surface area contributed by atoms with Crippen LogP contribution in [0.5, 0.6) is 0 Å². The zero-order chi connectivity index (χ0) is 13.9. The van der Waals surface area contributed by atoms with E-state index in [1.165, 1.54) is 29.7 Å². The lowest BCUT2D eigenvalue weighted by Gasteiger charge is -2.17. The monoisotopic (exact) mass is 296 g/mol. The van der Waals surface area contributed by atoms with Gasteiger partial charge >= 0.3 is 0 Å². The molecule has 19 heavy (non-hydrogen) atoms. The molecule has 0 spiro atoms. The van der Waals surface area contributed by atoms with Crippen molar-refractivity contribution in [3.8, 4) is 0 Å². The summed E-state index contributed by atoms with van der Waals surface area (Å²) >= 11 is 5.72. The highest BCUT2D eigenvalue weighted by Crippen LogP contribution is 2.18. The number of benzene rings is 1. The van der Waals surface area contributed by atoms with Crippen molar-refractivity contribution in [2.75, 3.05) is 7.05 Å². The second-order valence-electron chi connectivity index (χ2n) is 4.06. The molecule has 0 fully saturated rings. The van der Waals surface area contributed by atoms with Crippen LogP contribution in [0, 0.1) is 0 Å². The molecule has 0 aliphatic rings. The van der Waals surface area contributed by atoms with Gasteiger partial charge in [0.05, 0.1) is 4.90 Å². The van der Waals surface area contributed by atoms with Gasteiger partial charge in [0, 0.05) is 19.8 Å². The predicted molar refractivity (Wildman–Crippen MR) is 74.3 cm³/mol. The van der Waals surface area contributed by atoms with Gasteiger partial charge in [-0.15, -0.1) is 0 Å². The summed E-state index contributed by atoms with van der Waals surface area (Å²) in [5.74, 6) is 0. The second-order valence-corrected chi connectivity index (χ2v) is 6.49. The van der Waals surface area contributed by atoms with Gasteiger partial charge in [0.1, 0.15) is 5.15 Å². The number of hydrogen-bond acceptors (Lipinski definition) is 3. The van der Waals surface area contributed by atoms with Crippen LogP contribution < -0.4 is 0 Å². The van der Waals surface area contributed by atoms with E-state index in [4.69, 9.17) is 11.6 Å². The molecule has 4 nitrogen and oxygen atoms in total. The topological polar surface area (TPSA) is 50.3 Å². The predicted octanol–water partition coefficient (Wildman–Crippen LogP) is 2.56. The van der Waals surface area contributed by atoms with Crippen LogP contribution in [0.25, 0.3) is 0 Å². The molecule has 0 radical (unpaired) electrons. The lowest BCUT2D eigenvalue weighted by Crippen LogP contribution is -2.26. The minimum Gasteiger partial charge on any atom is -0.244 e. The Morgan fingerprint density at radius 3 is 2.53 bits per heavy atom. The largest absolute Gasteiger partial charge is 0.244 e. The Kier molecular flexibility index (Phi) is 4.19. The van der Waals surface area contributed by atoms with Crippen LogP contribution in [0.2, 0.25) is 5.15 Å². The molecular weight excluding hydrogens is 284 g/mol. The summed E-state index contributed by atoms with van der Waals surface area (Å²) in [4.78, 5) is 3.92. The average molecular weight is 297 g/mol. The summed E-state index contributed by atoms with van der Waals surface area (Å²) in [6.45, 7) is 0.309. The lowest BCUT2D eigenvalue weighted by molar-refractivity contribution is 0.466. The standard InChI is InChI=1S/C13H13ClN2O2S/c1-16(10-11-5-3-2-4-6-11)19(17,18)12-7-8-15-13(14)9-12/h2-9H,10H2,1H3. The normalized spacial score (nSPS) is 11.7. The lowest BCUT2D eigenvalue weighted by atomic mass is 10.2. The number of rotatable bonds is 4. The Morgan fingerprint density at radius 2 is 1.89 bits per heavy atom. The summed E-state index contributed by atoms with van der Waals surface area (Å²) < 4.78 is 25.9. The fourth-order valence-electron chi connectivity index (χ4n) is 1.65. The summed E-state index contributed by atoms with van der Waals surface area (Å²) in [6.07, 6.45) is 1.38. The molecule has 0 aliphatic heterocycles. The molecule has 0 bridgehead atoms. The molecule has 0 N–H and O–H groups in total. The van der Waals surface area contributed by atoms with E-state index in [-0.39, 0.29) is 10.0 Å². The van der Waals surface area contributed by atoms with Crippen LogP contribution >= 0.6 is 11.6 Å². The first kappa shape index (κ1) is 14.0. The number of halogens is 1. The summed E-state index contributed by atoms with van der Waals surface area (Å²) in [7, 11) is -2.01. The van der Waals surface area contributed by atoms with Gasteiger partial charge in [-0.1, -0.05) is 41.9 Å². The van der Waals surface area contributed by atoms with Crippen molar-refractivity contribution in [3.63, 3.8) is 0 Å². The highest BCUT2D eigenvalue weighted by molar-refractivity contribution is 7.89. The third-order valence-corrected chi connectivity index (χ3v) is 4.66. The van der Waals surface area contributed by atoms with Gasteiger partial charge in [0.2, 0.25) is 10.0 Å². The van der Waals surface area contributed by atoms with Crippen LogP contribution in [-0.4, -0.2) is 24.8 Å². The van der Waals surface area contributed by atoms with Crippen LogP contribution in [0.4, 0.5) is 0 Å². The fourth-order valence-corrected chi connectivity index (χ4v) is 3.06. The highest BCUT2D eigenvalue weighted by Gasteiger charge is 2.21. The maximum Gasteiger partial charge on any atom is 0.243 e. The molecule has 2 rings (SSSR count). The molecule has 100 valence electrons. The van der Waals surface area contributed by atoms with Crippen LogP contribution in [0.3, 0.4) is 0 Å². The molecular formula is C13H13ClN2O2S. The molecule has 0 amide bonds. The van der Waals surface area contributed by atoms with Gasteiger partial charge in [0.25, 0.3) is 0 Å². The van der Waals surface area contributed by atoms with E-state index >= 15 is 0 Å². The first-order chi connectivity index (χ1) is 9.00. The van der Waals surface area contributed by atoms with Gasteiger partial charge in [-0.25, -0.2) is 13.4 Å². The van der Waals surface area contributed by atoms with E-state index in [2.05, 4.69) is 4.98 Å². The first-order valence-electron chi connectivity index (χ1n) is 5.62. The third-order valence-electron chi connectivity index (χ3n) is 2.65. The van der Waals surface area contributed by atoms with E-state index < -0.39 is 10.0 Å². The molecule has 6 heteroatoms. The van der Waals surface area contributed by atoms with Crippen molar-refractivity contribution in [3.05, 3.63) is 59.4 Å². The molecule has 1 heterocycles. The number of hydrogen-bond donors (Lipinski definition) is 0. The Morgan fingerprint density at radius 1 is 1.21 bits per heavy atom. The number of nitrogens with zero attached hydrogens (tertiary/aromatic N) is 2. The molecule has 2 aromatic rings. The van der Waals surface area contributed by atoms with Gasteiger partial charge in [-0.05, 0) is 17.7 Å². The average Bonchev–Trinajstić information content (AvgIpc) is 2.40. The Hall–Kier alpha value is -1.43. The maximum atomic E-state index is 12.3. The zero-order valence-electron chi connectivity index (χ0n) is 10.3. The van der Waals surface area contributed by atoms with Crippen molar-refractivity contribution in [2.24, 2.45) is 0 Å². The smallest absolute Gasteiger partial charge is 0.243 e. The quantitative estimate of drug-likeness (QED) is 0.815. The number of sulfonamides is 1.